The summed E-state index contributed by atoms with van der Waals surface area (Å²) in [6.07, 6.45) is 14.1. The predicted octanol–water partition coefficient (Wildman–Crippen LogP) is 4.11. The van der Waals surface area contributed by atoms with Crippen LogP contribution in [0.2, 0.25) is 0 Å². The maximum atomic E-state index is 10.1. The van der Waals surface area contributed by atoms with Crippen molar-refractivity contribution in [3.05, 3.63) is 12.2 Å². The molecule has 0 aromatic heterocycles. The predicted molar refractivity (Wildman–Crippen MR) is 57.3 cm³/mol. The Bertz CT molecular complexity index is 108. The van der Waals surface area contributed by atoms with E-state index in [1.54, 1.807) is 0 Å². The Morgan fingerprint density at radius 2 is 1.46 bits per heavy atom. The molecule has 0 saturated heterocycles. The molecular formula is C12H23O. The van der Waals surface area contributed by atoms with Gasteiger partial charge in [0.1, 0.15) is 0 Å². The summed E-state index contributed by atoms with van der Waals surface area (Å²) in [4.78, 5) is 0. The van der Waals surface area contributed by atoms with E-state index in [0.717, 1.165) is 19.3 Å². The Balaban J connectivity index is 2.87. The molecule has 0 aliphatic carbocycles. The second-order valence-electron chi connectivity index (χ2n) is 3.49. The summed E-state index contributed by atoms with van der Waals surface area (Å²) in [5.41, 5.74) is 0. The van der Waals surface area contributed by atoms with Crippen LogP contribution in [0.15, 0.2) is 12.2 Å². The molecule has 0 aromatic rings. The van der Waals surface area contributed by atoms with Crippen molar-refractivity contribution < 1.29 is 5.11 Å². The first-order valence-electron chi connectivity index (χ1n) is 5.65. The van der Waals surface area contributed by atoms with E-state index in [1.165, 1.54) is 32.1 Å². The number of rotatable bonds is 9. The van der Waals surface area contributed by atoms with Gasteiger partial charge in [-0.2, -0.15) is 0 Å². The number of hydrogen-bond acceptors (Lipinski definition) is 0. The van der Waals surface area contributed by atoms with Gasteiger partial charge in [0.15, 0.2) is 0 Å². The molecule has 0 aromatic carbocycles. The summed E-state index contributed by atoms with van der Waals surface area (Å²) in [5, 5.41) is 10.1. The van der Waals surface area contributed by atoms with E-state index in [9.17, 15) is 5.11 Å². The number of hydrogen-bond donors (Lipinski definition) is 0. The molecule has 1 radical (unpaired) electrons. The second-order valence-corrected chi connectivity index (χ2v) is 3.49. The van der Waals surface area contributed by atoms with Crippen molar-refractivity contribution in [3.8, 4) is 0 Å². The van der Waals surface area contributed by atoms with Gasteiger partial charge in [0.25, 0.3) is 0 Å². The molecular weight excluding hydrogens is 160 g/mol. The molecule has 0 rings (SSSR count). The molecule has 13 heavy (non-hydrogen) atoms. The van der Waals surface area contributed by atoms with Gasteiger partial charge in [0.2, 0.25) is 0 Å². The van der Waals surface area contributed by atoms with Crippen molar-refractivity contribution in [2.75, 3.05) is 6.61 Å². The van der Waals surface area contributed by atoms with Crippen molar-refractivity contribution >= 4 is 0 Å². The maximum absolute atomic E-state index is 10.1. The van der Waals surface area contributed by atoms with E-state index in [0.29, 0.717) is 0 Å². The molecule has 1 heteroatoms. The molecule has 77 valence electrons. The van der Waals surface area contributed by atoms with Crippen LogP contribution in [0.4, 0.5) is 0 Å². The van der Waals surface area contributed by atoms with Gasteiger partial charge in [0, 0.05) is 0 Å². The van der Waals surface area contributed by atoms with Crippen molar-refractivity contribution in [1.82, 2.24) is 0 Å². The van der Waals surface area contributed by atoms with E-state index in [4.69, 9.17) is 0 Å². The van der Waals surface area contributed by atoms with E-state index in [1.807, 2.05) is 0 Å². The number of unbranched alkanes of at least 4 members (excludes halogenated alkanes) is 6. The zero-order chi connectivity index (χ0) is 9.78. The molecule has 0 amide bonds. The lowest BCUT2D eigenvalue weighted by atomic mass is 10.1. The minimum Gasteiger partial charge on any atom is -0.237 e. The van der Waals surface area contributed by atoms with Gasteiger partial charge in [-0.3, -0.25) is 0 Å². The summed E-state index contributed by atoms with van der Waals surface area (Å²) < 4.78 is 0. The van der Waals surface area contributed by atoms with E-state index in [2.05, 4.69) is 19.1 Å². The van der Waals surface area contributed by atoms with Crippen molar-refractivity contribution in [3.63, 3.8) is 0 Å². The molecule has 0 aliphatic heterocycles. The lowest BCUT2D eigenvalue weighted by Gasteiger charge is -1.97. The topological polar surface area (TPSA) is 19.9 Å². The second kappa shape index (κ2) is 11.7. The summed E-state index contributed by atoms with van der Waals surface area (Å²) in [5.74, 6) is 0. The van der Waals surface area contributed by atoms with Crippen LogP contribution >= 0.6 is 0 Å². The molecule has 0 unspecified atom stereocenters. The van der Waals surface area contributed by atoms with Crippen molar-refractivity contribution in [2.45, 2.75) is 58.3 Å². The number of allylic oxidation sites excluding steroid dienone is 2. The van der Waals surface area contributed by atoms with Crippen LogP contribution in [0.3, 0.4) is 0 Å². The minimum absolute atomic E-state index is 0.110. The van der Waals surface area contributed by atoms with Crippen LogP contribution in [0.25, 0.3) is 0 Å². The zero-order valence-electron chi connectivity index (χ0n) is 8.93. The Morgan fingerprint density at radius 3 is 2.08 bits per heavy atom. The highest BCUT2D eigenvalue weighted by Crippen LogP contribution is 2.07. The summed E-state index contributed by atoms with van der Waals surface area (Å²) in [6, 6.07) is 0. The molecule has 0 aliphatic rings. The highest BCUT2D eigenvalue weighted by Gasteiger charge is 1.89. The maximum Gasteiger partial charge on any atom is 0.0822 e. The fraction of sp³-hybridized carbons (Fsp3) is 0.833. The fourth-order valence-electron chi connectivity index (χ4n) is 1.36. The molecule has 0 saturated carbocycles. The molecule has 0 bridgehead atoms. The molecule has 0 heterocycles. The standard InChI is InChI=1S/C12H23O/c1-2-3-4-5-6-7-8-9-10-11-12-13/h3-4H,2,5-12H2,1H3/b4-3+. The third-order valence-corrected chi connectivity index (χ3v) is 2.17. The molecule has 0 atom stereocenters. The van der Waals surface area contributed by atoms with Gasteiger partial charge in [-0.15, -0.1) is 0 Å². The van der Waals surface area contributed by atoms with Gasteiger partial charge in [-0.25, -0.2) is 5.11 Å². The average Bonchev–Trinajstić information content (AvgIpc) is 2.16. The van der Waals surface area contributed by atoms with E-state index in [-0.39, 0.29) is 6.61 Å². The van der Waals surface area contributed by atoms with Gasteiger partial charge in [-0.05, 0) is 25.7 Å². The first-order valence-corrected chi connectivity index (χ1v) is 5.65. The SMILES string of the molecule is CC/C=C/CCCCCCCC[O]. The van der Waals surface area contributed by atoms with Gasteiger partial charge < -0.3 is 0 Å². The normalized spacial score (nSPS) is 11.2. The Morgan fingerprint density at radius 1 is 0.846 bits per heavy atom. The van der Waals surface area contributed by atoms with Crippen LogP contribution in [0.1, 0.15) is 58.3 Å². The lowest BCUT2D eigenvalue weighted by Crippen LogP contribution is -1.82. The molecule has 0 spiro atoms. The van der Waals surface area contributed by atoms with E-state index >= 15 is 0 Å². The third-order valence-electron chi connectivity index (χ3n) is 2.17. The van der Waals surface area contributed by atoms with Gasteiger partial charge >= 0.3 is 0 Å². The van der Waals surface area contributed by atoms with Crippen LogP contribution in [0, 0.1) is 0 Å². The fourth-order valence-corrected chi connectivity index (χ4v) is 1.36. The Hall–Kier alpha value is -0.300. The third kappa shape index (κ3) is 11.7. The molecule has 0 fully saturated rings. The first kappa shape index (κ1) is 12.7. The summed E-state index contributed by atoms with van der Waals surface area (Å²) in [7, 11) is 0. The lowest BCUT2D eigenvalue weighted by molar-refractivity contribution is 0.186. The Kier molecular flexibility index (Phi) is 11.4. The van der Waals surface area contributed by atoms with Crippen molar-refractivity contribution in [2.24, 2.45) is 0 Å². The average molecular weight is 183 g/mol. The smallest absolute Gasteiger partial charge is 0.0822 e. The Labute approximate surface area is 82.9 Å². The van der Waals surface area contributed by atoms with E-state index < -0.39 is 0 Å². The van der Waals surface area contributed by atoms with Crippen LogP contribution < -0.4 is 0 Å². The van der Waals surface area contributed by atoms with Crippen molar-refractivity contribution in [1.29, 1.82) is 0 Å². The largest absolute Gasteiger partial charge is 0.237 e. The summed E-state index contributed by atoms with van der Waals surface area (Å²) >= 11 is 0. The molecule has 1 nitrogen and oxygen atoms in total. The summed E-state index contributed by atoms with van der Waals surface area (Å²) in [6.45, 7) is 2.28. The monoisotopic (exact) mass is 183 g/mol. The zero-order valence-corrected chi connectivity index (χ0v) is 8.93. The first-order chi connectivity index (χ1) is 6.41. The highest BCUT2D eigenvalue weighted by molar-refractivity contribution is 4.79. The van der Waals surface area contributed by atoms with Crippen LogP contribution in [0.5, 0.6) is 0 Å². The van der Waals surface area contributed by atoms with Gasteiger partial charge in [-0.1, -0.05) is 44.8 Å². The molecule has 0 N–H and O–H groups in total. The highest BCUT2D eigenvalue weighted by atomic mass is 16.2. The quantitative estimate of drug-likeness (QED) is 0.378. The van der Waals surface area contributed by atoms with Crippen LogP contribution in [-0.2, 0) is 5.11 Å². The van der Waals surface area contributed by atoms with Gasteiger partial charge in [0.05, 0.1) is 6.61 Å². The minimum atomic E-state index is 0.110. The van der Waals surface area contributed by atoms with Crippen LogP contribution in [-0.4, -0.2) is 6.61 Å².